The average Bonchev–Trinajstić information content (AvgIpc) is 2.62. The Morgan fingerprint density at radius 1 is 0.875 bits per heavy atom. The van der Waals surface area contributed by atoms with Gasteiger partial charge in [0.15, 0.2) is 12.0 Å². The molecule has 0 spiro atoms. The Labute approximate surface area is 140 Å². The third kappa shape index (κ3) is 2.52. The van der Waals surface area contributed by atoms with Crippen LogP contribution in [0.5, 0.6) is 0 Å². The van der Waals surface area contributed by atoms with Crippen molar-refractivity contribution in [1.29, 1.82) is 0 Å². The Kier molecular flexibility index (Phi) is 3.50. The third-order valence-corrected chi connectivity index (χ3v) is 4.26. The summed E-state index contributed by atoms with van der Waals surface area (Å²) in [5.41, 5.74) is 4.72. The molecule has 116 valence electrons. The van der Waals surface area contributed by atoms with Gasteiger partial charge in [-0.25, -0.2) is 19.5 Å². The van der Waals surface area contributed by atoms with Gasteiger partial charge in [-0.1, -0.05) is 30.3 Å². The van der Waals surface area contributed by atoms with Crippen molar-refractivity contribution in [3.63, 3.8) is 0 Å². The van der Waals surface area contributed by atoms with Gasteiger partial charge in [-0.05, 0) is 30.0 Å². The molecule has 0 aliphatic carbocycles. The fourth-order valence-corrected chi connectivity index (χ4v) is 3.00. The molecular formula is C20H17N4+. The molecule has 2 heterocycles. The highest BCUT2D eigenvalue weighted by molar-refractivity contribution is 5.87. The lowest BCUT2D eigenvalue weighted by atomic mass is 10.0. The van der Waals surface area contributed by atoms with Crippen LogP contribution in [-0.2, 0) is 7.05 Å². The SMILES string of the molecule is Cc1ccccc1-c1cc2ccc(-c3ncncn3)cc2c[n+]1C. The minimum absolute atomic E-state index is 0.692. The van der Waals surface area contributed by atoms with Crippen molar-refractivity contribution in [3.8, 4) is 22.6 Å². The van der Waals surface area contributed by atoms with Gasteiger partial charge in [-0.3, -0.25) is 0 Å². The smallest absolute Gasteiger partial charge is 0.213 e. The third-order valence-electron chi connectivity index (χ3n) is 4.26. The fraction of sp³-hybridized carbons (Fsp3) is 0.100. The first-order chi connectivity index (χ1) is 11.7. The summed E-state index contributed by atoms with van der Waals surface area (Å²) in [7, 11) is 2.08. The molecule has 0 saturated heterocycles. The van der Waals surface area contributed by atoms with Gasteiger partial charge in [0.25, 0.3) is 0 Å². The van der Waals surface area contributed by atoms with Gasteiger partial charge in [0.1, 0.15) is 19.7 Å². The topological polar surface area (TPSA) is 42.6 Å². The normalized spacial score (nSPS) is 10.9. The minimum atomic E-state index is 0.692. The van der Waals surface area contributed by atoms with Crippen LogP contribution in [-0.4, -0.2) is 15.0 Å². The molecule has 4 rings (SSSR count). The van der Waals surface area contributed by atoms with Gasteiger partial charge in [0, 0.05) is 22.6 Å². The van der Waals surface area contributed by atoms with E-state index in [2.05, 4.69) is 88.2 Å². The fourth-order valence-electron chi connectivity index (χ4n) is 3.00. The Morgan fingerprint density at radius 3 is 2.46 bits per heavy atom. The summed E-state index contributed by atoms with van der Waals surface area (Å²) in [6.07, 6.45) is 5.20. The number of rotatable bonds is 2. The van der Waals surface area contributed by atoms with Crippen LogP contribution in [0.15, 0.2) is 67.4 Å². The second-order valence-electron chi connectivity index (χ2n) is 5.89. The number of pyridine rings is 1. The number of fused-ring (bicyclic) bond motifs is 1. The first kappa shape index (κ1) is 14.5. The monoisotopic (exact) mass is 313 g/mol. The number of aryl methyl sites for hydroxylation is 2. The lowest BCUT2D eigenvalue weighted by molar-refractivity contribution is -0.659. The Hall–Kier alpha value is -3.14. The molecule has 0 fully saturated rings. The van der Waals surface area contributed by atoms with E-state index < -0.39 is 0 Å². The summed E-state index contributed by atoms with van der Waals surface area (Å²) >= 11 is 0. The molecule has 0 N–H and O–H groups in total. The van der Waals surface area contributed by atoms with Crippen LogP contribution in [0.25, 0.3) is 33.4 Å². The maximum Gasteiger partial charge on any atom is 0.213 e. The number of aromatic nitrogens is 4. The van der Waals surface area contributed by atoms with E-state index in [9.17, 15) is 0 Å². The van der Waals surface area contributed by atoms with Crippen LogP contribution in [0.4, 0.5) is 0 Å². The van der Waals surface area contributed by atoms with Crippen molar-refractivity contribution < 1.29 is 4.57 Å². The Morgan fingerprint density at radius 2 is 1.67 bits per heavy atom. The lowest BCUT2D eigenvalue weighted by Crippen LogP contribution is -2.30. The first-order valence-electron chi connectivity index (χ1n) is 7.84. The summed E-state index contributed by atoms with van der Waals surface area (Å²) in [5.74, 6) is 0.692. The predicted molar refractivity (Wildman–Crippen MR) is 94.1 cm³/mol. The minimum Gasteiger partial charge on any atom is -0.225 e. The van der Waals surface area contributed by atoms with E-state index in [1.54, 1.807) is 0 Å². The van der Waals surface area contributed by atoms with Crippen LogP contribution in [0, 0.1) is 6.92 Å². The molecule has 0 radical (unpaired) electrons. The molecule has 0 atom stereocenters. The number of nitrogens with zero attached hydrogens (tertiary/aromatic N) is 4. The van der Waals surface area contributed by atoms with Crippen LogP contribution in [0.2, 0.25) is 0 Å². The zero-order valence-electron chi connectivity index (χ0n) is 13.6. The van der Waals surface area contributed by atoms with Crippen LogP contribution < -0.4 is 4.57 Å². The molecule has 0 amide bonds. The summed E-state index contributed by atoms with van der Waals surface area (Å²) in [6, 6.07) is 17.0. The highest BCUT2D eigenvalue weighted by Gasteiger charge is 2.14. The van der Waals surface area contributed by atoms with E-state index in [-0.39, 0.29) is 0 Å². The largest absolute Gasteiger partial charge is 0.225 e. The van der Waals surface area contributed by atoms with Crippen molar-refractivity contribution in [3.05, 3.63) is 72.9 Å². The van der Waals surface area contributed by atoms with Gasteiger partial charge >= 0.3 is 0 Å². The molecular weight excluding hydrogens is 296 g/mol. The molecule has 0 saturated carbocycles. The van der Waals surface area contributed by atoms with Crippen LogP contribution >= 0.6 is 0 Å². The van der Waals surface area contributed by atoms with Gasteiger partial charge in [-0.15, -0.1) is 0 Å². The van der Waals surface area contributed by atoms with Gasteiger partial charge in [0.05, 0.1) is 0 Å². The molecule has 0 unspecified atom stereocenters. The lowest BCUT2D eigenvalue weighted by Gasteiger charge is -2.07. The Balaban J connectivity index is 1.87. The molecule has 2 aromatic carbocycles. The van der Waals surface area contributed by atoms with Gasteiger partial charge < -0.3 is 0 Å². The van der Waals surface area contributed by atoms with Crippen molar-refractivity contribution in [2.24, 2.45) is 7.05 Å². The van der Waals surface area contributed by atoms with E-state index in [1.165, 1.54) is 34.9 Å². The molecule has 0 aliphatic heterocycles. The molecule has 4 heteroatoms. The van der Waals surface area contributed by atoms with Crippen molar-refractivity contribution in [2.45, 2.75) is 6.92 Å². The molecule has 0 aliphatic rings. The first-order valence-corrected chi connectivity index (χ1v) is 7.84. The zero-order chi connectivity index (χ0) is 16.5. The molecule has 0 bridgehead atoms. The maximum absolute atomic E-state index is 4.23. The zero-order valence-corrected chi connectivity index (χ0v) is 13.6. The molecule has 2 aromatic heterocycles. The number of benzene rings is 2. The molecule has 4 nitrogen and oxygen atoms in total. The number of hydrogen-bond acceptors (Lipinski definition) is 3. The van der Waals surface area contributed by atoms with E-state index in [1.807, 2.05) is 0 Å². The highest BCUT2D eigenvalue weighted by Crippen LogP contribution is 2.25. The van der Waals surface area contributed by atoms with Gasteiger partial charge in [-0.2, -0.15) is 0 Å². The van der Waals surface area contributed by atoms with E-state index in [0.717, 1.165) is 10.9 Å². The summed E-state index contributed by atoms with van der Waals surface area (Å²) in [6.45, 7) is 2.14. The van der Waals surface area contributed by atoms with Crippen LogP contribution in [0.1, 0.15) is 5.56 Å². The van der Waals surface area contributed by atoms with Crippen molar-refractivity contribution >= 4 is 10.8 Å². The maximum atomic E-state index is 4.23. The molecule has 24 heavy (non-hydrogen) atoms. The standard InChI is InChI=1S/C20H17N4/c1-14-5-3-4-6-18(14)19-10-15-7-8-16(9-17(15)11-24(19)2)20-22-12-21-13-23-20/h3-13H,1-2H3/q+1. The van der Waals surface area contributed by atoms with E-state index >= 15 is 0 Å². The summed E-state index contributed by atoms with van der Waals surface area (Å²) in [4.78, 5) is 12.3. The second kappa shape index (κ2) is 5.81. The van der Waals surface area contributed by atoms with E-state index in [4.69, 9.17) is 0 Å². The second-order valence-corrected chi connectivity index (χ2v) is 5.89. The van der Waals surface area contributed by atoms with Crippen molar-refractivity contribution in [1.82, 2.24) is 15.0 Å². The molecule has 4 aromatic rings. The Bertz CT molecular complexity index is 1030. The van der Waals surface area contributed by atoms with Crippen molar-refractivity contribution in [2.75, 3.05) is 0 Å². The van der Waals surface area contributed by atoms with Gasteiger partial charge in [0.2, 0.25) is 5.69 Å². The predicted octanol–water partition coefficient (Wildman–Crippen LogP) is 3.49. The summed E-state index contributed by atoms with van der Waals surface area (Å²) < 4.78 is 2.17. The summed E-state index contributed by atoms with van der Waals surface area (Å²) in [5, 5.41) is 2.36. The quantitative estimate of drug-likeness (QED) is 0.532. The number of hydrogen-bond donors (Lipinski definition) is 0. The van der Waals surface area contributed by atoms with E-state index in [0.29, 0.717) is 5.82 Å². The average molecular weight is 313 g/mol. The highest BCUT2D eigenvalue weighted by atomic mass is 15.0. The van der Waals surface area contributed by atoms with Crippen LogP contribution in [0.3, 0.4) is 0 Å².